The zero-order chi connectivity index (χ0) is 63.7. The summed E-state index contributed by atoms with van der Waals surface area (Å²) in [5.74, 6) is 0. The maximum absolute atomic E-state index is 13.2. The summed E-state index contributed by atoms with van der Waals surface area (Å²) in [6, 6.07) is 44.7. The molecule has 9 aromatic carbocycles. The van der Waals surface area contributed by atoms with Crippen molar-refractivity contribution in [3.63, 3.8) is 0 Å². The van der Waals surface area contributed by atoms with Crippen molar-refractivity contribution in [3.8, 4) is 0 Å². The molecule has 0 bridgehead atoms. The van der Waals surface area contributed by atoms with Gasteiger partial charge < -0.3 is 5.48 Å². The van der Waals surface area contributed by atoms with Crippen molar-refractivity contribution in [1.29, 1.82) is 0 Å². The Kier molecular flexibility index (Phi) is 22.5. The monoisotopic (exact) mass is 1860 g/mol. The van der Waals surface area contributed by atoms with Crippen LogP contribution in [0.4, 0.5) is 34.1 Å². The molecule has 0 aliphatic carbocycles. The molecular weight excluding hydrogens is 1840 g/mol. The minimum atomic E-state index is -5.05. The molecule has 0 unspecified atom stereocenters. The third kappa shape index (κ3) is 14.1. The smallest absolute Gasteiger partial charge is 2.00 e. The van der Waals surface area contributed by atoms with Gasteiger partial charge in [-0.05, 0) is 0 Å². The van der Waals surface area contributed by atoms with Gasteiger partial charge in [-0.1, -0.05) is 0 Å². The summed E-state index contributed by atoms with van der Waals surface area (Å²) in [5.41, 5.74) is -2.87. The van der Waals surface area contributed by atoms with E-state index >= 15 is 0 Å². The minimum Gasteiger partial charge on any atom is -2.00 e. The fourth-order valence-corrected chi connectivity index (χ4v) is 32.9. The average molecular weight is 1870 g/mol. The van der Waals surface area contributed by atoms with Gasteiger partial charge in [-0.2, -0.15) is 0 Å². The largest absolute Gasteiger partial charge is 2.00 e. The molecule has 452 valence electrons. The van der Waals surface area contributed by atoms with Crippen LogP contribution in [0, 0.1) is 60.7 Å². The zero-order valence-corrected chi connectivity index (χ0v) is 62.6. The SMILES string of the molecule is O=[N+]([O-])c1cc([Si]([O][V+2]([O][Si](c2ccc(Br)cc2)(c2ccc(Br)c([N+](=O)[O-])c2)c2ccc(Br)c([N+](=O)[O-])c2)[O][Si](c2ccc(Br)cc2)(c2ccc(Br)c([N+](=O)[O-])c2)c2ccc(Br)c([N+](=O)[O-])c2)(c2ccc(Br)cc2)c2ccc(Br)c([N+](=O)[O-])c2)ccc1Br.[O-2]. The van der Waals surface area contributed by atoms with Crippen LogP contribution >= 0.6 is 143 Å². The average Bonchev–Trinajstić information content (AvgIpc) is 0.869. The van der Waals surface area contributed by atoms with Crippen molar-refractivity contribution < 1.29 is 61.3 Å². The molecule has 0 heterocycles. The van der Waals surface area contributed by atoms with Crippen molar-refractivity contribution in [2.24, 2.45) is 0 Å². The van der Waals surface area contributed by atoms with Crippen molar-refractivity contribution in [2.75, 3.05) is 0 Å². The summed E-state index contributed by atoms with van der Waals surface area (Å²) in [6.45, 7) is 0. The van der Waals surface area contributed by atoms with Gasteiger partial charge in [0.15, 0.2) is 0 Å². The summed E-state index contributed by atoms with van der Waals surface area (Å²) < 4.78 is 26.1. The molecule has 0 aliphatic rings. The Morgan fingerprint density at radius 2 is 0.404 bits per heavy atom. The first kappa shape index (κ1) is 69.7. The molecule has 9 rings (SSSR count). The van der Waals surface area contributed by atoms with E-state index < -0.39 is 105 Å². The van der Waals surface area contributed by atoms with Gasteiger partial charge in [0, 0.05) is 0 Å². The molecular formula is C54H30Br9N6O16Si3V. The van der Waals surface area contributed by atoms with Crippen LogP contribution in [0.3, 0.4) is 0 Å². The molecule has 22 nitrogen and oxygen atoms in total. The van der Waals surface area contributed by atoms with Crippen molar-refractivity contribution >= 4 is 249 Å². The molecule has 0 N–H and O–H groups in total. The van der Waals surface area contributed by atoms with Crippen LogP contribution in [-0.2, 0) is 31.7 Å². The van der Waals surface area contributed by atoms with Crippen LogP contribution in [0.25, 0.3) is 0 Å². The first-order valence-corrected chi connectivity index (χ1v) is 39.1. The fraction of sp³-hybridized carbons (Fsp3) is 0. The van der Waals surface area contributed by atoms with Crippen molar-refractivity contribution in [3.05, 3.63) is 283 Å². The maximum Gasteiger partial charge on any atom is -2.00 e. The summed E-state index contributed by atoms with van der Waals surface area (Å²) in [5, 5.41) is 80.4. The molecule has 0 aliphatic heterocycles. The van der Waals surface area contributed by atoms with E-state index in [0.717, 1.165) is 0 Å². The molecule has 0 aromatic heterocycles. The third-order valence-electron chi connectivity index (χ3n) is 13.7. The van der Waals surface area contributed by atoms with Gasteiger partial charge in [0.05, 0.1) is 0 Å². The Hall–Kier alpha value is -5.22. The number of nitrogens with zero attached hydrogens (tertiary/aromatic N) is 6. The van der Waals surface area contributed by atoms with Crippen LogP contribution in [0.15, 0.2) is 222 Å². The molecule has 0 radical (unpaired) electrons. The van der Waals surface area contributed by atoms with E-state index in [1.165, 1.54) is 109 Å². The Bertz CT molecular complexity index is 3720. The summed E-state index contributed by atoms with van der Waals surface area (Å²) in [4.78, 5) is 75.3. The van der Waals surface area contributed by atoms with Crippen LogP contribution in [0.2, 0.25) is 0 Å². The Labute approximate surface area is 586 Å². The number of rotatable bonds is 21. The van der Waals surface area contributed by atoms with Crippen LogP contribution in [0.1, 0.15) is 0 Å². The van der Waals surface area contributed by atoms with E-state index in [1.54, 1.807) is 72.8 Å². The molecule has 0 atom stereocenters. The summed E-state index contributed by atoms with van der Waals surface area (Å²) in [7, 11) is -14.9. The van der Waals surface area contributed by atoms with Gasteiger partial charge in [-0.3, -0.25) is 0 Å². The molecule has 0 fully saturated rings. The topological polar surface area (TPSA) is 315 Å². The Morgan fingerprint density at radius 3 is 0.551 bits per heavy atom. The standard InChI is InChI=1S/3C18H10Br3N2O5Si.O.V/c3*19-11-1-3-12(4-2-11)29(28,13-5-7-15(20)17(9-13)22(24)25)14-6-8-16(21)18(10-14)23(26)27;;/h3*1-10H;;/q3*-1;-2;+5. The van der Waals surface area contributed by atoms with E-state index in [1.807, 2.05) is 0 Å². The molecule has 0 amide bonds. The van der Waals surface area contributed by atoms with E-state index in [4.69, 9.17) is 10.1 Å². The van der Waals surface area contributed by atoms with E-state index in [-0.39, 0.29) is 79.0 Å². The van der Waals surface area contributed by atoms with Crippen molar-refractivity contribution in [1.82, 2.24) is 0 Å². The maximum atomic E-state index is 13.2. The van der Waals surface area contributed by atoms with Gasteiger partial charge in [0.25, 0.3) is 0 Å². The predicted octanol–water partition coefficient (Wildman–Crippen LogP) is 12.6. The first-order chi connectivity index (χ1) is 41.7. The normalized spacial score (nSPS) is 11.6. The first-order valence-electron chi connectivity index (χ1n) is 24.5. The van der Waals surface area contributed by atoms with Crippen LogP contribution < -0.4 is 46.7 Å². The molecule has 89 heavy (non-hydrogen) atoms. The molecule has 0 spiro atoms. The third-order valence-corrected chi connectivity index (χ3v) is 36.7. The number of benzene rings is 9. The second-order valence-electron chi connectivity index (χ2n) is 18.6. The fourth-order valence-electron chi connectivity index (χ4n) is 9.65. The summed E-state index contributed by atoms with van der Waals surface area (Å²) >= 11 is 25.5. The molecule has 35 heteroatoms. The Balaban J connectivity index is 0.0000102. The number of hydrogen-bond acceptors (Lipinski definition) is 15. The van der Waals surface area contributed by atoms with E-state index in [0.29, 0.717) is 13.4 Å². The van der Waals surface area contributed by atoms with Crippen LogP contribution in [-0.4, -0.2) is 54.5 Å². The predicted molar refractivity (Wildman–Crippen MR) is 365 cm³/mol. The van der Waals surface area contributed by atoms with Crippen molar-refractivity contribution in [2.45, 2.75) is 0 Å². The second kappa shape index (κ2) is 28.7. The van der Waals surface area contributed by atoms with E-state index in [2.05, 4.69) is 143 Å². The second-order valence-corrected chi connectivity index (χ2v) is 39.6. The Morgan fingerprint density at radius 1 is 0.258 bits per heavy atom. The minimum absolute atomic E-state index is 0. The van der Waals surface area contributed by atoms with Gasteiger partial charge in [-0.25, -0.2) is 0 Å². The number of nitro groups is 6. The zero-order valence-electron chi connectivity index (χ0n) is 43.9. The number of halogens is 9. The van der Waals surface area contributed by atoms with Gasteiger partial charge >= 0.3 is 588 Å². The van der Waals surface area contributed by atoms with Crippen LogP contribution in [0.5, 0.6) is 0 Å². The van der Waals surface area contributed by atoms with Gasteiger partial charge in [0.2, 0.25) is 0 Å². The summed E-state index contributed by atoms with van der Waals surface area (Å²) in [6.07, 6.45) is 0. The quantitative estimate of drug-likeness (QED) is 0.0279. The van der Waals surface area contributed by atoms with Gasteiger partial charge in [-0.15, -0.1) is 0 Å². The molecule has 9 aromatic rings. The van der Waals surface area contributed by atoms with Gasteiger partial charge in [0.1, 0.15) is 0 Å². The molecule has 0 saturated carbocycles. The number of nitro benzene ring substituents is 6. The molecule has 0 saturated heterocycles. The van der Waals surface area contributed by atoms with E-state index in [9.17, 15) is 60.7 Å². The number of hydrogen-bond donors (Lipinski definition) is 0.